The predicted octanol–water partition coefficient (Wildman–Crippen LogP) is 2.83. The SMILES string of the molecule is CN(CCSc1ccc(F)cc1)CC(C)(C)CN. The fourth-order valence-electron chi connectivity index (χ4n) is 1.72. The molecular formula is C14H23FN2S. The van der Waals surface area contributed by atoms with Crippen molar-refractivity contribution in [2.24, 2.45) is 11.1 Å². The highest BCUT2D eigenvalue weighted by Crippen LogP contribution is 2.19. The van der Waals surface area contributed by atoms with Crippen molar-refractivity contribution in [3.63, 3.8) is 0 Å². The molecule has 0 fully saturated rings. The van der Waals surface area contributed by atoms with Gasteiger partial charge in [0.2, 0.25) is 0 Å². The number of benzene rings is 1. The van der Waals surface area contributed by atoms with Crippen molar-refractivity contribution < 1.29 is 4.39 Å². The fourth-order valence-corrected chi connectivity index (χ4v) is 2.69. The molecule has 0 aromatic heterocycles. The van der Waals surface area contributed by atoms with E-state index in [1.807, 2.05) is 12.1 Å². The zero-order valence-corrected chi connectivity index (χ0v) is 12.3. The van der Waals surface area contributed by atoms with Gasteiger partial charge in [-0.1, -0.05) is 13.8 Å². The second-order valence-electron chi connectivity index (χ2n) is 5.41. The van der Waals surface area contributed by atoms with Crippen LogP contribution < -0.4 is 5.73 Å². The first-order chi connectivity index (χ1) is 8.43. The van der Waals surface area contributed by atoms with Gasteiger partial charge in [-0.05, 0) is 43.3 Å². The summed E-state index contributed by atoms with van der Waals surface area (Å²) in [6.07, 6.45) is 0. The van der Waals surface area contributed by atoms with Gasteiger partial charge in [0.25, 0.3) is 0 Å². The summed E-state index contributed by atoms with van der Waals surface area (Å²) >= 11 is 1.75. The molecule has 0 radical (unpaired) electrons. The molecule has 0 atom stereocenters. The molecule has 2 N–H and O–H groups in total. The van der Waals surface area contributed by atoms with E-state index in [2.05, 4.69) is 25.8 Å². The highest BCUT2D eigenvalue weighted by atomic mass is 32.2. The minimum absolute atomic E-state index is 0.162. The topological polar surface area (TPSA) is 29.3 Å². The maximum Gasteiger partial charge on any atom is 0.123 e. The maximum atomic E-state index is 12.7. The van der Waals surface area contributed by atoms with Gasteiger partial charge in [-0.15, -0.1) is 11.8 Å². The van der Waals surface area contributed by atoms with Gasteiger partial charge in [0.1, 0.15) is 5.82 Å². The first kappa shape index (κ1) is 15.5. The lowest BCUT2D eigenvalue weighted by molar-refractivity contribution is 0.225. The summed E-state index contributed by atoms with van der Waals surface area (Å²) in [5.41, 5.74) is 5.88. The van der Waals surface area contributed by atoms with Crippen LogP contribution in [-0.2, 0) is 0 Å². The molecule has 0 saturated heterocycles. The number of rotatable bonds is 7. The van der Waals surface area contributed by atoms with Gasteiger partial charge in [-0.3, -0.25) is 0 Å². The molecule has 0 heterocycles. The summed E-state index contributed by atoms with van der Waals surface area (Å²) in [6.45, 7) is 7.05. The molecule has 1 aromatic carbocycles. The monoisotopic (exact) mass is 270 g/mol. The predicted molar refractivity (Wildman–Crippen MR) is 77.5 cm³/mol. The Morgan fingerprint density at radius 2 is 1.89 bits per heavy atom. The highest BCUT2D eigenvalue weighted by molar-refractivity contribution is 7.99. The Morgan fingerprint density at radius 3 is 2.44 bits per heavy atom. The zero-order chi connectivity index (χ0) is 13.6. The van der Waals surface area contributed by atoms with Crippen LogP contribution in [0.1, 0.15) is 13.8 Å². The summed E-state index contributed by atoms with van der Waals surface area (Å²) in [6, 6.07) is 6.65. The number of nitrogens with zero attached hydrogens (tertiary/aromatic N) is 1. The molecule has 0 saturated carbocycles. The van der Waals surface area contributed by atoms with Gasteiger partial charge in [0.05, 0.1) is 0 Å². The summed E-state index contributed by atoms with van der Waals surface area (Å²) in [5, 5.41) is 0. The largest absolute Gasteiger partial charge is 0.330 e. The van der Waals surface area contributed by atoms with Crippen LogP contribution in [0.25, 0.3) is 0 Å². The standard InChI is InChI=1S/C14H23FN2S/c1-14(2,10-16)11-17(3)8-9-18-13-6-4-12(15)5-7-13/h4-7H,8-11,16H2,1-3H3. The Hall–Kier alpha value is -0.580. The average molecular weight is 270 g/mol. The third-order valence-corrected chi connectivity index (χ3v) is 3.80. The van der Waals surface area contributed by atoms with Crippen LogP contribution in [0.3, 0.4) is 0 Å². The van der Waals surface area contributed by atoms with Crippen molar-refractivity contribution in [2.75, 3.05) is 32.4 Å². The third kappa shape index (κ3) is 5.85. The summed E-state index contributed by atoms with van der Waals surface area (Å²) in [4.78, 5) is 3.41. The summed E-state index contributed by atoms with van der Waals surface area (Å²) < 4.78 is 12.7. The molecule has 0 aliphatic heterocycles. The molecule has 1 aromatic rings. The zero-order valence-electron chi connectivity index (χ0n) is 11.4. The van der Waals surface area contributed by atoms with Crippen molar-refractivity contribution in [3.05, 3.63) is 30.1 Å². The first-order valence-electron chi connectivity index (χ1n) is 6.20. The van der Waals surface area contributed by atoms with Gasteiger partial charge in [-0.25, -0.2) is 4.39 Å². The summed E-state index contributed by atoms with van der Waals surface area (Å²) in [5.74, 6) is 0.823. The van der Waals surface area contributed by atoms with Gasteiger partial charge in [-0.2, -0.15) is 0 Å². The molecular weight excluding hydrogens is 247 g/mol. The van der Waals surface area contributed by atoms with Gasteiger partial charge < -0.3 is 10.6 Å². The van der Waals surface area contributed by atoms with Crippen LogP contribution in [0.4, 0.5) is 4.39 Å². The molecule has 0 spiro atoms. The number of halogens is 1. The molecule has 0 aliphatic rings. The minimum Gasteiger partial charge on any atom is -0.330 e. The van der Waals surface area contributed by atoms with Crippen molar-refractivity contribution in [2.45, 2.75) is 18.7 Å². The normalized spacial score (nSPS) is 12.1. The number of thioether (sulfide) groups is 1. The summed E-state index contributed by atoms with van der Waals surface area (Å²) in [7, 11) is 2.11. The Morgan fingerprint density at radius 1 is 1.28 bits per heavy atom. The van der Waals surface area contributed by atoms with E-state index >= 15 is 0 Å². The smallest absolute Gasteiger partial charge is 0.123 e. The third-order valence-electron chi connectivity index (χ3n) is 2.81. The van der Waals surface area contributed by atoms with E-state index in [1.165, 1.54) is 12.1 Å². The van der Waals surface area contributed by atoms with E-state index in [9.17, 15) is 4.39 Å². The van der Waals surface area contributed by atoms with Gasteiger partial charge in [0.15, 0.2) is 0 Å². The molecule has 0 unspecified atom stereocenters. The molecule has 1 rings (SSSR count). The van der Waals surface area contributed by atoms with Gasteiger partial charge >= 0.3 is 0 Å². The molecule has 0 aliphatic carbocycles. The van der Waals surface area contributed by atoms with Crippen LogP contribution in [0, 0.1) is 11.2 Å². The highest BCUT2D eigenvalue weighted by Gasteiger charge is 2.17. The second kappa shape index (κ2) is 7.12. The number of hydrogen-bond donors (Lipinski definition) is 1. The molecule has 2 nitrogen and oxygen atoms in total. The number of nitrogens with two attached hydrogens (primary N) is 1. The second-order valence-corrected chi connectivity index (χ2v) is 6.58. The number of hydrogen-bond acceptors (Lipinski definition) is 3. The lowest BCUT2D eigenvalue weighted by atomic mass is 9.93. The van der Waals surface area contributed by atoms with E-state index in [1.54, 1.807) is 11.8 Å². The Labute approximate surface area is 114 Å². The van der Waals surface area contributed by atoms with E-state index in [0.717, 1.165) is 23.7 Å². The molecule has 18 heavy (non-hydrogen) atoms. The van der Waals surface area contributed by atoms with Crippen molar-refractivity contribution in [3.8, 4) is 0 Å². The molecule has 4 heteroatoms. The lowest BCUT2D eigenvalue weighted by Crippen LogP contribution is -2.37. The first-order valence-corrected chi connectivity index (χ1v) is 7.18. The van der Waals surface area contributed by atoms with E-state index in [0.29, 0.717) is 6.54 Å². The van der Waals surface area contributed by atoms with Crippen LogP contribution >= 0.6 is 11.8 Å². The van der Waals surface area contributed by atoms with E-state index in [-0.39, 0.29) is 11.2 Å². The van der Waals surface area contributed by atoms with Crippen molar-refractivity contribution >= 4 is 11.8 Å². The molecule has 102 valence electrons. The van der Waals surface area contributed by atoms with E-state index < -0.39 is 0 Å². The Bertz CT molecular complexity index is 351. The molecule has 0 amide bonds. The van der Waals surface area contributed by atoms with Crippen molar-refractivity contribution in [1.29, 1.82) is 0 Å². The van der Waals surface area contributed by atoms with Crippen LogP contribution in [0.5, 0.6) is 0 Å². The average Bonchev–Trinajstić information content (AvgIpc) is 2.31. The van der Waals surface area contributed by atoms with Gasteiger partial charge in [0, 0.05) is 23.7 Å². The Balaban J connectivity index is 2.27. The van der Waals surface area contributed by atoms with Crippen LogP contribution in [-0.4, -0.2) is 37.3 Å². The van der Waals surface area contributed by atoms with E-state index in [4.69, 9.17) is 5.73 Å². The van der Waals surface area contributed by atoms with Crippen LogP contribution in [0.2, 0.25) is 0 Å². The van der Waals surface area contributed by atoms with Crippen LogP contribution in [0.15, 0.2) is 29.2 Å². The van der Waals surface area contributed by atoms with Crippen molar-refractivity contribution in [1.82, 2.24) is 4.90 Å². The maximum absolute atomic E-state index is 12.7. The molecule has 0 bridgehead atoms. The lowest BCUT2D eigenvalue weighted by Gasteiger charge is -2.28. The quantitative estimate of drug-likeness (QED) is 0.773. The Kier molecular flexibility index (Phi) is 6.12. The fraction of sp³-hybridized carbons (Fsp3) is 0.571. The minimum atomic E-state index is -0.179.